The first kappa shape index (κ1) is 16.1. The van der Waals surface area contributed by atoms with Crippen LogP contribution in [0.2, 0.25) is 0 Å². The number of hydrogen-bond donors (Lipinski definition) is 0. The van der Waals surface area contributed by atoms with E-state index >= 15 is 0 Å². The molecular formula is C17H25NS. The molecule has 0 spiro atoms. The molecule has 0 aliphatic heterocycles. The number of aliphatic imine (C=N–C) groups is 1. The van der Waals surface area contributed by atoms with Crippen LogP contribution in [0.15, 0.2) is 34.2 Å². The Balaban J connectivity index is 2.89. The lowest BCUT2D eigenvalue weighted by molar-refractivity contribution is 0.538. The van der Waals surface area contributed by atoms with Gasteiger partial charge in [-0.3, -0.25) is 0 Å². The maximum Gasteiger partial charge on any atom is 0.0730 e. The molecule has 0 heterocycles. The van der Waals surface area contributed by atoms with E-state index < -0.39 is 0 Å². The minimum atomic E-state index is 0.118. The van der Waals surface area contributed by atoms with E-state index in [2.05, 4.69) is 57.6 Å². The van der Waals surface area contributed by atoms with Gasteiger partial charge in [-0.05, 0) is 37.1 Å². The second kappa shape index (κ2) is 7.57. The second-order valence-corrected chi connectivity index (χ2v) is 6.95. The van der Waals surface area contributed by atoms with Gasteiger partial charge in [0, 0.05) is 5.41 Å². The fourth-order valence-electron chi connectivity index (χ4n) is 1.47. The minimum absolute atomic E-state index is 0.118. The molecule has 0 aromatic heterocycles. The zero-order valence-corrected chi connectivity index (χ0v) is 13.6. The molecule has 1 nitrogen and oxygen atoms in total. The lowest BCUT2D eigenvalue weighted by atomic mass is 9.97. The van der Waals surface area contributed by atoms with Crippen molar-refractivity contribution in [2.45, 2.75) is 47.5 Å². The van der Waals surface area contributed by atoms with Crippen LogP contribution in [0.4, 0.5) is 5.69 Å². The van der Waals surface area contributed by atoms with E-state index in [0.717, 1.165) is 11.4 Å². The maximum atomic E-state index is 4.49. The monoisotopic (exact) mass is 275 g/mol. The molecule has 104 valence electrons. The summed E-state index contributed by atoms with van der Waals surface area (Å²) < 4.78 is 0. The Hall–Kier alpha value is -0.980. The number of nitrogens with zero attached hydrogens (tertiary/aromatic N) is 1. The second-order valence-electron chi connectivity index (χ2n) is 5.84. The molecule has 2 heteroatoms. The summed E-state index contributed by atoms with van der Waals surface area (Å²) in [6, 6.07) is 8.25. The summed E-state index contributed by atoms with van der Waals surface area (Å²) in [6.45, 7) is 11.0. The number of benzene rings is 1. The van der Waals surface area contributed by atoms with Gasteiger partial charge in [0.05, 0.1) is 10.6 Å². The zero-order valence-electron chi connectivity index (χ0n) is 12.8. The summed E-state index contributed by atoms with van der Waals surface area (Å²) in [5.74, 6) is 4.41. The quantitative estimate of drug-likeness (QED) is 0.491. The van der Waals surface area contributed by atoms with Crippen molar-refractivity contribution >= 4 is 23.3 Å². The van der Waals surface area contributed by atoms with E-state index in [1.54, 1.807) is 0 Å². The fourth-order valence-corrected chi connectivity index (χ4v) is 2.65. The van der Waals surface area contributed by atoms with Crippen LogP contribution in [-0.4, -0.2) is 11.6 Å². The van der Waals surface area contributed by atoms with Gasteiger partial charge in [-0.25, -0.2) is 4.99 Å². The van der Waals surface area contributed by atoms with Gasteiger partial charge < -0.3 is 0 Å². The molecule has 1 aromatic carbocycles. The van der Waals surface area contributed by atoms with Crippen LogP contribution in [0.3, 0.4) is 0 Å². The van der Waals surface area contributed by atoms with E-state index in [-0.39, 0.29) is 5.41 Å². The lowest BCUT2D eigenvalue weighted by Crippen LogP contribution is -2.07. The SMILES string of the molecule is CCCCSC(=C=Nc1ccc(C)cc1)C(C)(C)C. The Morgan fingerprint density at radius 2 is 1.84 bits per heavy atom. The molecule has 19 heavy (non-hydrogen) atoms. The number of aryl methyl sites for hydroxylation is 1. The molecule has 1 aromatic rings. The average Bonchev–Trinajstić information content (AvgIpc) is 2.34. The molecule has 0 bridgehead atoms. The Bertz CT molecular complexity index is 445. The highest BCUT2D eigenvalue weighted by atomic mass is 32.2. The molecule has 0 amide bonds. The highest BCUT2D eigenvalue weighted by Crippen LogP contribution is 2.33. The van der Waals surface area contributed by atoms with Crippen LogP contribution < -0.4 is 0 Å². The van der Waals surface area contributed by atoms with Crippen LogP contribution >= 0.6 is 11.8 Å². The molecule has 0 radical (unpaired) electrons. The van der Waals surface area contributed by atoms with Crippen LogP contribution in [0, 0.1) is 12.3 Å². The molecular weight excluding hydrogens is 250 g/mol. The first-order valence-electron chi connectivity index (χ1n) is 6.97. The van der Waals surface area contributed by atoms with E-state index in [9.17, 15) is 0 Å². The van der Waals surface area contributed by atoms with Gasteiger partial charge in [0.15, 0.2) is 0 Å². The van der Waals surface area contributed by atoms with Crippen molar-refractivity contribution in [3.63, 3.8) is 0 Å². The third-order valence-corrected chi connectivity index (χ3v) is 4.23. The first-order valence-corrected chi connectivity index (χ1v) is 7.95. The van der Waals surface area contributed by atoms with Crippen molar-refractivity contribution in [2.24, 2.45) is 10.4 Å². The van der Waals surface area contributed by atoms with E-state index in [4.69, 9.17) is 0 Å². The van der Waals surface area contributed by atoms with E-state index in [0.29, 0.717) is 0 Å². The fraction of sp³-hybridized carbons (Fsp3) is 0.529. The third-order valence-electron chi connectivity index (χ3n) is 2.75. The molecule has 0 saturated carbocycles. The highest BCUT2D eigenvalue weighted by Gasteiger charge is 2.17. The topological polar surface area (TPSA) is 12.4 Å². The molecule has 0 fully saturated rings. The average molecular weight is 275 g/mol. The number of unbranched alkanes of at least 4 members (excludes halogenated alkanes) is 1. The first-order chi connectivity index (χ1) is 8.93. The largest absolute Gasteiger partial charge is 0.205 e. The summed E-state index contributed by atoms with van der Waals surface area (Å²) in [5.41, 5.74) is 2.35. The summed E-state index contributed by atoms with van der Waals surface area (Å²) in [7, 11) is 0. The smallest absolute Gasteiger partial charge is 0.0730 e. The van der Waals surface area contributed by atoms with E-state index in [1.165, 1.54) is 23.3 Å². The Morgan fingerprint density at radius 3 is 2.37 bits per heavy atom. The Morgan fingerprint density at radius 1 is 1.21 bits per heavy atom. The van der Waals surface area contributed by atoms with Crippen molar-refractivity contribution < 1.29 is 0 Å². The van der Waals surface area contributed by atoms with Crippen LogP contribution in [0.1, 0.15) is 46.1 Å². The van der Waals surface area contributed by atoms with E-state index in [1.807, 2.05) is 23.9 Å². The van der Waals surface area contributed by atoms with Crippen molar-refractivity contribution in [1.29, 1.82) is 0 Å². The van der Waals surface area contributed by atoms with Gasteiger partial charge >= 0.3 is 0 Å². The predicted octanol–water partition coefficient (Wildman–Crippen LogP) is 5.76. The summed E-state index contributed by atoms with van der Waals surface area (Å²) in [5, 5.41) is 0. The molecule has 0 saturated heterocycles. The van der Waals surface area contributed by atoms with Crippen molar-refractivity contribution in [2.75, 3.05) is 5.75 Å². The molecule has 0 atom stereocenters. The zero-order chi connectivity index (χ0) is 14.3. The Labute approximate surface area is 122 Å². The van der Waals surface area contributed by atoms with Gasteiger partial charge in [-0.1, -0.05) is 51.8 Å². The van der Waals surface area contributed by atoms with Gasteiger partial charge in [0.25, 0.3) is 0 Å². The highest BCUT2D eigenvalue weighted by molar-refractivity contribution is 8.03. The standard InChI is InChI=1S/C17H25NS/c1-6-7-12-19-16(17(3,4)5)13-18-15-10-8-14(2)9-11-15/h8-11H,6-7,12H2,1-5H3. The van der Waals surface area contributed by atoms with Crippen molar-refractivity contribution in [3.8, 4) is 0 Å². The number of thioether (sulfide) groups is 1. The molecule has 1 rings (SSSR count). The Kier molecular flexibility index (Phi) is 6.41. The van der Waals surface area contributed by atoms with Gasteiger partial charge in [-0.15, -0.1) is 11.8 Å². The molecule has 0 N–H and O–H groups in total. The van der Waals surface area contributed by atoms with Crippen LogP contribution in [-0.2, 0) is 0 Å². The number of allylic oxidation sites excluding steroid dienone is 1. The molecule has 0 aliphatic carbocycles. The van der Waals surface area contributed by atoms with Gasteiger partial charge in [0.2, 0.25) is 0 Å². The van der Waals surface area contributed by atoms with Gasteiger partial charge in [-0.2, -0.15) is 0 Å². The van der Waals surface area contributed by atoms with Crippen LogP contribution in [0.25, 0.3) is 0 Å². The number of hydrogen-bond acceptors (Lipinski definition) is 2. The third kappa shape index (κ3) is 6.13. The lowest BCUT2D eigenvalue weighted by Gasteiger charge is -2.19. The van der Waals surface area contributed by atoms with Crippen molar-refractivity contribution in [3.05, 3.63) is 34.7 Å². The molecule has 0 unspecified atom stereocenters. The maximum absolute atomic E-state index is 4.49. The van der Waals surface area contributed by atoms with Crippen molar-refractivity contribution in [1.82, 2.24) is 0 Å². The number of rotatable bonds is 5. The summed E-state index contributed by atoms with van der Waals surface area (Å²) >= 11 is 1.89. The van der Waals surface area contributed by atoms with Crippen LogP contribution in [0.5, 0.6) is 0 Å². The summed E-state index contributed by atoms with van der Waals surface area (Å²) in [6.07, 6.45) is 2.48. The normalized spacial score (nSPS) is 11.0. The van der Waals surface area contributed by atoms with Gasteiger partial charge in [0.1, 0.15) is 0 Å². The minimum Gasteiger partial charge on any atom is -0.205 e. The summed E-state index contributed by atoms with van der Waals surface area (Å²) in [4.78, 5) is 5.72. The predicted molar refractivity (Wildman–Crippen MR) is 88.6 cm³/mol. The molecule has 0 aliphatic rings.